The van der Waals surface area contributed by atoms with Crippen molar-refractivity contribution in [1.29, 1.82) is 0 Å². The number of ether oxygens (including phenoxy) is 2. The Balaban J connectivity index is 1.43. The summed E-state index contributed by atoms with van der Waals surface area (Å²) in [6, 6.07) is 17.2. The van der Waals surface area contributed by atoms with E-state index in [2.05, 4.69) is 64.8 Å². The summed E-state index contributed by atoms with van der Waals surface area (Å²) in [6.45, 7) is 6.00. The second kappa shape index (κ2) is 9.98. The lowest BCUT2D eigenvalue weighted by Crippen LogP contribution is -2.41. The molecule has 2 aromatic rings. The summed E-state index contributed by atoms with van der Waals surface area (Å²) in [6.07, 6.45) is 4.48. The van der Waals surface area contributed by atoms with Crippen LogP contribution in [0.25, 0.3) is 0 Å². The Morgan fingerprint density at radius 1 is 1.10 bits per heavy atom. The number of unbranched alkanes of at least 4 members (excludes halogenated alkanes) is 2. The Morgan fingerprint density at radius 3 is 2.77 bits per heavy atom. The molecule has 0 radical (unpaired) electrons. The topological polar surface area (TPSA) is 46.1 Å². The molecule has 2 heterocycles. The Hall–Kier alpha value is -2.53. The molecule has 2 atom stereocenters. The first-order valence-electron chi connectivity index (χ1n) is 11.2. The van der Waals surface area contributed by atoms with Crippen LogP contribution in [0.5, 0.6) is 11.5 Å². The van der Waals surface area contributed by atoms with E-state index >= 15 is 0 Å². The number of methoxy groups -OCH3 is 1. The van der Waals surface area contributed by atoms with Gasteiger partial charge in [0.25, 0.3) is 0 Å². The highest BCUT2D eigenvalue weighted by Gasteiger charge is 2.37. The first-order chi connectivity index (χ1) is 14.8. The Kier molecular flexibility index (Phi) is 6.90. The lowest BCUT2D eigenvalue weighted by molar-refractivity contribution is 0.220. The molecule has 0 aromatic heterocycles. The first-order valence-corrected chi connectivity index (χ1v) is 11.2. The van der Waals surface area contributed by atoms with E-state index < -0.39 is 0 Å². The van der Waals surface area contributed by atoms with Gasteiger partial charge in [0.15, 0.2) is 11.5 Å². The predicted octanol–water partition coefficient (Wildman–Crippen LogP) is 4.79. The molecule has 0 spiro atoms. The predicted molar refractivity (Wildman–Crippen MR) is 121 cm³/mol. The van der Waals surface area contributed by atoms with Gasteiger partial charge in [-0.25, -0.2) is 0 Å². The van der Waals surface area contributed by atoms with E-state index in [9.17, 15) is 0 Å². The summed E-state index contributed by atoms with van der Waals surface area (Å²) < 4.78 is 11.6. The number of nitrogens with one attached hydrogen (secondary N) is 1. The number of hydrazone groups is 1. The minimum Gasteiger partial charge on any atom is -0.493 e. The molecule has 4 rings (SSSR count). The summed E-state index contributed by atoms with van der Waals surface area (Å²) in [4.78, 5) is 2.54. The van der Waals surface area contributed by atoms with Crippen molar-refractivity contribution in [2.75, 3.05) is 26.8 Å². The smallest absolute Gasteiger partial charge is 0.161 e. The maximum atomic E-state index is 5.96. The van der Waals surface area contributed by atoms with Crippen molar-refractivity contribution in [2.45, 2.75) is 45.2 Å². The third-order valence-electron chi connectivity index (χ3n) is 6.12. The van der Waals surface area contributed by atoms with Crippen LogP contribution in [0.4, 0.5) is 0 Å². The van der Waals surface area contributed by atoms with E-state index in [0.717, 1.165) is 50.6 Å². The van der Waals surface area contributed by atoms with Gasteiger partial charge >= 0.3 is 0 Å². The van der Waals surface area contributed by atoms with Gasteiger partial charge in [0, 0.05) is 37.7 Å². The second-order valence-electron chi connectivity index (χ2n) is 8.25. The fourth-order valence-electron chi connectivity index (χ4n) is 4.44. The van der Waals surface area contributed by atoms with Crippen LogP contribution in [-0.2, 0) is 6.54 Å². The summed E-state index contributed by atoms with van der Waals surface area (Å²) in [5.74, 6) is 2.02. The Bertz CT molecular complexity index is 853. The van der Waals surface area contributed by atoms with Gasteiger partial charge in [-0.15, -0.1) is 0 Å². The van der Waals surface area contributed by atoms with E-state index in [0.29, 0.717) is 5.92 Å². The number of rotatable bonds is 9. The lowest BCUT2D eigenvalue weighted by atomic mass is 9.86. The number of likely N-dealkylation sites (tertiary alicyclic amines) is 1. The van der Waals surface area contributed by atoms with Crippen LogP contribution >= 0.6 is 0 Å². The monoisotopic (exact) mass is 407 g/mol. The standard InChI is InChI=1S/C25H33N3O2/c1-3-4-8-15-30-23-12-11-20(16-24(23)29-2)25-21-18-28(14-13-22(21)26-27-25)17-19-9-6-5-7-10-19/h5-7,9-12,16,21,25,27H,3-4,8,13-15,17-18H2,1-2H3. The molecule has 5 heteroatoms. The Morgan fingerprint density at radius 2 is 1.97 bits per heavy atom. The summed E-state index contributed by atoms with van der Waals surface area (Å²) >= 11 is 0. The van der Waals surface area contributed by atoms with Crippen molar-refractivity contribution in [1.82, 2.24) is 10.3 Å². The van der Waals surface area contributed by atoms with Crippen LogP contribution in [0, 0.1) is 5.92 Å². The summed E-state index contributed by atoms with van der Waals surface area (Å²) in [5.41, 5.74) is 7.26. The van der Waals surface area contributed by atoms with Gasteiger partial charge in [0.1, 0.15) is 0 Å². The molecular weight excluding hydrogens is 374 g/mol. The molecule has 160 valence electrons. The fourth-order valence-corrected chi connectivity index (χ4v) is 4.44. The number of hydrogen-bond acceptors (Lipinski definition) is 5. The highest BCUT2D eigenvalue weighted by atomic mass is 16.5. The highest BCUT2D eigenvalue weighted by molar-refractivity contribution is 5.90. The van der Waals surface area contributed by atoms with Gasteiger partial charge in [-0.2, -0.15) is 5.10 Å². The Labute approximate surface area is 180 Å². The zero-order valence-corrected chi connectivity index (χ0v) is 18.1. The molecule has 2 aromatic carbocycles. The van der Waals surface area contributed by atoms with Crippen LogP contribution in [0.3, 0.4) is 0 Å². The number of fused-ring (bicyclic) bond motifs is 1. The third-order valence-corrected chi connectivity index (χ3v) is 6.12. The quantitative estimate of drug-likeness (QED) is 0.607. The molecule has 30 heavy (non-hydrogen) atoms. The minimum atomic E-state index is 0.182. The van der Waals surface area contributed by atoms with Crippen LogP contribution in [0.15, 0.2) is 53.6 Å². The molecular formula is C25H33N3O2. The van der Waals surface area contributed by atoms with Gasteiger partial charge < -0.3 is 14.9 Å². The van der Waals surface area contributed by atoms with E-state index in [4.69, 9.17) is 9.47 Å². The maximum Gasteiger partial charge on any atom is 0.161 e. The molecule has 0 saturated carbocycles. The number of piperidine rings is 1. The van der Waals surface area contributed by atoms with Crippen LogP contribution in [0.1, 0.15) is 49.8 Å². The van der Waals surface area contributed by atoms with Gasteiger partial charge in [-0.3, -0.25) is 4.90 Å². The zero-order valence-electron chi connectivity index (χ0n) is 18.1. The first kappa shape index (κ1) is 20.7. The van der Waals surface area contributed by atoms with Gasteiger partial charge in [0.05, 0.1) is 19.8 Å². The molecule has 1 N–H and O–H groups in total. The van der Waals surface area contributed by atoms with Crippen LogP contribution in [0.2, 0.25) is 0 Å². The molecule has 5 nitrogen and oxygen atoms in total. The zero-order chi connectivity index (χ0) is 20.8. The van der Waals surface area contributed by atoms with Gasteiger partial charge in [-0.05, 0) is 29.7 Å². The molecule has 2 aliphatic heterocycles. The van der Waals surface area contributed by atoms with E-state index in [1.807, 2.05) is 6.07 Å². The van der Waals surface area contributed by atoms with E-state index in [1.165, 1.54) is 29.7 Å². The third kappa shape index (κ3) is 4.78. The lowest BCUT2D eigenvalue weighted by Gasteiger charge is -2.33. The average molecular weight is 408 g/mol. The van der Waals surface area contributed by atoms with Crippen molar-refractivity contribution in [3.8, 4) is 11.5 Å². The SMILES string of the molecule is CCCCCOc1ccc(C2NN=C3CCN(Cc4ccccc4)CC32)cc1OC. The number of nitrogens with zero attached hydrogens (tertiary/aromatic N) is 2. The normalized spacial score (nSPS) is 20.9. The van der Waals surface area contributed by atoms with Crippen molar-refractivity contribution in [3.63, 3.8) is 0 Å². The highest BCUT2D eigenvalue weighted by Crippen LogP contribution is 2.37. The maximum absolute atomic E-state index is 5.96. The molecule has 1 saturated heterocycles. The van der Waals surface area contributed by atoms with Crippen molar-refractivity contribution in [3.05, 3.63) is 59.7 Å². The molecule has 2 unspecified atom stereocenters. The summed E-state index contributed by atoms with van der Waals surface area (Å²) in [7, 11) is 1.71. The molecule has 0 amide bonds. The van der Waals surface area contributed by atoms with E-state index in [1.54, 1.807) is 7.11 Å². The molecule has 2 aliphatic rings. The fraction of sp³-hybridized carbons (Fsp3) is 0.480. The van der Waals surface area contributed by atoms with Crippen LogP contribution < -0.4 is 14.9 Å². The summed E-state index contributed by atoms with van der Waals surface area (Å²) in [5, 5.41) is 4.67. The second-order valence-corrected chi connectivity index (χ2v) is 8.25. The van der Waals surface area contributed by atoms with Gasteiger partial charge in [-0.1, -0.05) is 56.2 Å². The number of hydrogen-bond donors (Lipinski definition) is 1. The van der Waals surface area contributed by atoms with Crippen LogP contribution in [-0.4, -0.2) is 37.4 Å². The van der Waals surface area contributed by atoms with E-state index in [-0.39, 0.29) is 6.04 Å². The largest absolute Gasteiger partial charge is 0.493 e. The molecule has 1 fully saturated rings. The van der Waals surface area contributed by atoms with Gasteiger partial charge in [0.2, 0.25) is 0 Å². The minimum absolute atomic E-state index is 0.182. The van der Waals surface area contributed by atoms with Crippen molar-refractivity contribution in [2.24, 2.45) is 11.0 Å². The molecule has 0 bridgehead atoms. The van der Waals surface area contributed by atoms with Crippen molar-refractivity contribution >= 4 is 5.71 Å². The number of benzene rings is 2. The average Bonchev–Trinajstić information content (AvgIpc) is 3.21. The van der Waals surface area contributed by atoms with Crippen molar-refractivity contribution < 1.29 is 9.47 Å². The molecule has 0 aliphatic carbocycles.